The summed E-state index contributed by atoms with van der Waals surface area (Å²) in [6, 6.07) is 0. The highest BCUT2D eigenvalue weighted by Gasteiger charge is 2.25. The molecule has 1 aliphatic rings. The van der Waals surface area contributed by atoms with E-state index in [1.165, 1.54) is 0 Å². The minimum atomic E-state index is 0.0903. The average molecular weight is 287 g/mol. The maximum atomic E-state index is 12.0. The van der Waals surface area contributed by atoms with E-state index in [1.807, 2.05) is 17.9 Å². The van der Waals surface area contributed by atoms with E-state index in [9.17, 15) is 9.59 Å². The first-order valence-electron chi connectivity index (χ1n) is 7.34. The highest BCUT2D eigenvalue weighted by atomic mass is 16.2. The van der Waals surface area contributed by atoms with Gasteiger partial charge in [0.1, 0.15) is 0 Å². The third-order valence-electron chi connectivity index (χ3n) is 4.08. The van der Waals surface area contributed by atoms with Crippen molar-refractivity contribution in [2.75, 3.05) is 13.1 Å². The Balaban J connectivity index is 2.99. The van der Waals surface area contributed by atoms with E-state index in [1.54, 1.807) is 26.0 Å². The van der Waals surface area contributed by atoms with Gasteiger partial charge in [-0.3, -0.25) is 9.59 Å². The Morgan fingerprint density at radius 2 is 1.62 bits per heavy atom. The van der Waals surface area contributed by atoms with Crippen LogP contribution in [0.4, 0.5) is 0 Å². The molecule has 0 aromatic rings. The summed E-state index contributed by atoms with van der Waals surface area (Å²) < 4.78 is 0. The molecule has 0 aromatic carbocycles. The fraction of sp³-hybridized carbons (Fsp3) is 0.444. The van der Waals surface area contributed by atoms with Gasteiger partial charge in [-0.2, -0.15) is 0 Å². The summed E-state index contributed by atoms with van der Waals surface area (Å²) in [4.78, 5) is 25.2. The largest absolute Gasteiger partial charge is 0.343 e. The first-order chi connectivity index (χ1) is 9.90. The molecule has 1 aliphatic heterocycles. The quantitative estimate of drug-likeness (QED) is 0.573. The fourth-order valence-electron chi connectivity index (χ4n) is 2.63. The zero-order valence-electron chi connectivity index (χ0n) is 13.3. The van der Waals surface area contributed by atoms with E-state index in [4.69, 9.17) is 0 Å². The van der Waals surface area contributed by atoms with Crippen molar-refractivity contribution in [2.45, 2.75) is 33.6 Å². The molecule has 0 N–H and O–H groups in total. The lowest BCUT2D eigenvalue weighted by atomic mass is 9.85. The van der Waals surface area contributed by atoms with E-state index in [-0.39, 0.29) is 17.6 Å². The van der Waals surface area contributed by atoms with E-state index in [0.717, 1.165) is 42.7 Å². The average Bonchev–Trinajstić information content (AvgIpc) is 2.47. The van der Waals surface area contributed by atoms with Gasteiger partial charge in [0.15, 0.2) is 5.78 Å². The molecule has 0 saturated carbocycles. The van der Waals surface area contributed by atoms with Gasteiger partial charge >= 0.3 is 0 Å². The summed E-state index contributed by atoms with van der Waals surface area (Å²) >= 11 is 0. The summed E-state index contributed by atoms with van der Waals surface area (Å²) in [6.45, 7) is 14.2. The van der Waals surface area contributed by atoms with Crippen molar-refractivity contribution in [3.8, 4) is 0 Å². The van der Waals surface area contributed by atoms with Crippen LogP contribution in [0.3, 0.4) is 0 Å². The molecular weight excluding hydrogens is 262 g/mol. The third-order valence-corrected chi connectivity index (χ3v) is 4.08. The van der Waals surface area contributed by atoms with Gasteiger partial charge in [-0.25, -0.2) is 0 Å². The van der Waals surface area contributed by atoms with E-state index in [0.29, 0.717) is 0 Å². The molecule has 0 unspecified atom stereocenters. The van der Waals surface area contributed by atoms with Crippen LogP contribution in [0.25, 0.3) is 0 Å². The van der Waals surface area contributed by atoms with Crippen molar-refractivity contribution in [3.05, 3.63) is 48.1 Å². The molecule has 21 heavy (non-hydrogen) atoms. The van der Waals surface area contributed by atoms with Crippen molar-refractivity contribution in [2.24, 2.45) is 5.92 Å². The first kappa shape index (κ1) is 17.2. The van der Waals surface area contributed by atoms with Crippen molar-refractivity contribution >= 4 is 11.7 Å². The lowest BCUT2D eigenvalue weighted by molar-refractivity contribution is -0.130. The number of allylic oxidation sites excluding steroid dienone is 6. The number of hydrogen-bond donors (Lipinski definition) is 0. The molecular formula is C18H25NO2. The van der Waals surface area contributed by atoms with Gasteiger partial charge in [0.05, 0.1) is 0 Å². The number of piperidine rings is 1. The second kappa shape index (κ2) is 7.77. The molecule has 3 heteroatoms. The Kier molecular flexibility index (Phi) is 6.35. The zero-order valence-corrected chi connectivity index (χ0v) is 13.3. The highest BCUT2D eigenvalue weighted by molar-refractivity contribution is 5.94. The normalized spacial score (nSPS) is 18.0. The maximum Gasteiger partial charge on any atom is 0.219 e. The van der Waals surface area contributed by atoms with Crippen LogP contribution in [-0.4, -0.2) is 29.7 Å². The number of carbonyl (C=O) groups excluding carboxylic acids is 2. The van der Waals surface area contributed by atoms with E-state index < -0.39 is 0 Å². The molecule has 0 bridgehead atoms. The van der Waals surface area contributed by atoms with Crippen molar-refractivity contribution in [3.63, 3.8) is 0 Å². The Morgan fingerprint density at radius 1 is 1.05 bits per heavy atom. The maximum absolute atomic E-state index is 12.0. The summed E-state index contributed by atoms with van der Waals surface area (Å²) in [5.41, 5.74) is 2.77. The number of amides is 1. The van der Waals surface area contributed by atoms with Crippen molar-refractivity contribution in [1.29, 1.82) is 0 Å². The van der Waals surface area contributed by atoms with Crippen LogP contribution in [0.15, 0.2) is 48.1 Å². The molecule has 0 radical (unpaired) electrons. The summed E-state index contributed by atoms with van der Waals surface area (Å²) in [6.07, 6.45) is 7.12. The SMILES string of the molecule is C=C/C(C)=C(C=C)/C=C(\C(C)=O)C1CCN(C(C)=O)CC1. The van der Waals surface area contributed by atoms with Crippen LogP contribution in [0.1, 0.15) is 33.6 Å². The predicted octanol–water partition coefficient (Wildman–Crippen LogP) is 3.45. The van der Waals surface area contributed by atoms with Gasteiger partial charge in [-0.1, -0.05) is 25.3 Å². The lowest BCUT2D eigenvalue weighted by Gasteiger charge is -2.32. The molecule has 0 aromatic heterocycles. The molecule has 1 saturated heterocycles. The first-order valence-corrected chi connectivity index (χ1v) is 7.34. The molecule has 0 spiro atoms. The molecule has 1 rings (SSSR count). The van der Waals surface area contributed by atoms with Crippen LogP contribution < -0.4 is 0 Å². The third kappa shape index (κ3) is 4.55. The topological polar surface area (TPSA) is 37.4 Å². The predicted molar refractivity (Wildman–Crippen MR) is 86.8 cm³/mol. The van der Waals surface area contributed by atoms with Gasteiger partial charge in [0, 0.05) is 20.0 Å². The second-order valence-electron chi connectivity index (χ2n) is 5.48. The fourth-order valence-corrected chi connectivity index (χ4v) is 2.63. The minimum Gasteiger partial charge on any atom is -0.343 e. The molecule has 1 heterocycles. The van der Waals surface area contributed by atoms with E-state index >= 15 is 0 Å². The van der Waals surface area contributed by atoms with Gasteiger partial charge in [0.2, 0.25) is 5.91 Å². The van der Waals surface area contributed by atoms with Gasteiger partial charge < -0.3 is 4.90 Å². The minimum absolute atomic E-state index is 0.0903. The van der Waals surface area contributed by atoms with Crippen LogP contribution >= 0.6 is 0 Å². The second-order valence-corrected chi connectivity index (χ2v) is 5.48. The molecule has 114 valence electrons. The molecule has 0 aliphatic carbocycles. The Hall–Kier alpha value is -1.90. The number of ketones is 1. The summed E-state index contributed by atoms with van der Waals surface area (Å²) in [7, 11) is 0. The highest BCUT2D eigenvalue weighted by Crippen LogP contribution is 2.27. The molecule has 1 amide bonds. The number of nitrogens with zero attached hydrogens (tertiary/aromatic N) is 1. The zero-order chi connectivity index (χ0) is 16.0. The number of rotatable bonds is 5. The van der Waals surface area contributed by atoms with Gasteiger partial charge in [0.25, 0.3) is 0 Å². The van der Waals surface area contributed by atoms with Gasteiger partial charge in [-0.05, 0) is 55.4 Å². The number of carbonyl (C=O) groups is 2. The Labute approximate surface area is 127 Å². The van der Waals surface area contributed by atoms with Crippen LogP contribution in [0.5, 0.6) is 0 Å². The van der Waals surface area contributed by atoms with E-state index in [2.05, 4.69) is 13.2 Å². The molecule has 0 atom stereocenters. The van der Waals surface area contributed by atoms with Crippen LogP contribution in [0, 0.1) is 5.92 Å². The Morgan fingerprint density at radius 3 is 2.00 bits per heavy atom. The monoisotopic (exact) mass is 287 g/mol. The number of likely N-dealkylation sites (tertiary alicyclic amines) is 1. The summed E-state index contributed by atoms with van der Waals surface area (Å²) in [5, 5.41) is 0. The van der Waals surface area contributed by atoms with Crippen molar-refractivity contribution < 1.29 is 9.59 Å². The molecule has 3 nitrogen and oxygen atoms in total. The standard InChI is InChI=1S/C18H25NO2/c1-6-13(3)16(7-2)12-18(14(4)20)17-8-10-19(11-9-17)15(5)21/h6-7,12,17H,1-2,8-11H2,3-5H3/b16-13+,18-12+. The molecule has 1 fully saturated rings. The van der Waals surface area contributed by atoms with Crippen LogP contribution in [0.2, 0.25) is 0 Å². The number of Topliss-reactive ketones (excluding diaryl/α,β-unsaturated/α-hetero) is 1. The summed E-state index contributed by atoms with van der Waals surface area (Å²) in [5.74, 6) is 0.411. The lowest BCUT2D eigenvalue weighted by Crippen LogP contribution is -2.38. The van der Waals surface area contributed by atoms with Gasteiger partial charge in [-0.15, -0.1) is 0 Å². The number of hydrogen-bond acceptors (Lipinski definition) is 2. The van der Waals surface area contributed by atoms with Crippen molar-refractivity contribution in [1.82, 2.24) is 4.90 Å². The van der Waals surface area contributed by atoms with Crippen LogP contribution in [-0.2, 0) is 9.59 Å². The Bertz CT molecular complexity index is 503. The smallest absolute Gasteiger partial charge is 0.219 e.